The first-order valence-corrected chi connectivity index (χ1v) is 6.83. The van der Waals surface area contributed by atoms with E-state index in [1.54, 1.807) is 7.11 Å². The summed E-state index contributed by atoms with van der Waals surface area (Å²) < 4.78 is 11.2. The fourth-order valence-corrected chi connectivity index (χ4v) is 2.63. The number of methoxy groups -OCH3 is 1. The number of rotatable bonds is 4. The van der Waals surface area contributed by atoms with E-state index in [2.05, 4.69) is 10.2 Å². The molecule has 0 aromatic heterocycles. The molecule has 4 nitrogen and oxygen atoms in total. The molecule has 98 valence electrons. The molecule has 2 aliphatic rings. The van der Waals surface area contributed by atoms with Crippen LogP contribution in [0.15, 0.2) is 10.2 Å². The van der Waals surface area contributed by atoms with E-state index in [9.17, 15) is 0 Å². The molecule has 2 atom stereocenters. The van der Waals surface area contributed by atoms with Gasteiger partial charge in [-0.15, -0.1) is 0 Å². The zero-order valence-corrected chi connectivity index (χ0v) is 11.0. The van der Waals surface area contributed by atoms with Gasteiger partial charge in [0.05, 0.1) is 6.04 Å². The highest BCUT2D eigenvalue weighted by Gasteiger charge is 2.38. The summed E-state index contributed by atoms with van der Waals surface area (Å²) in [7, 11) is 1.70. The van der Waals surface area contributed by atoms with Crippen molar-refractivity contribution in [2.75, 3.05) is 13.7 Å². The lowest BCUT2D eigenvalue weighted by molar-refractivity contribution is -0.0973. The first kappa shape index (κ1) is 13.0. The average Bonchev–Trinajstić information content (AvgIpc) is 2.92. The molecule has 1 saturated carbocycles. The van der Waals surface area contributed by atoms with Gasteiger partial charge in [0, 0.05) is 13.7 Å². The first-order chi connectivity index (χ1) is 8.24. The molecule has 1 heterocycles. The van der Waals surface area contributed by atoms with Gasteiger partial charge in [0.1, 0.15) is 6.10 Å². The van der Waals surface area contributed by atoms with E-state index in [-0.39, 0.29) is 6.10 Å². The van der Waals surface area contributed by atoms with Gasteiger partial charge in [-0.1, -0.05) is 19.3 Å². The number of hydrogen-bond donors (Lipinski definition) is 0. The maximum Gasteiger partial charge on any atom is 0.201 e. The van der Waals surface area contributed by atoms with Crippen LogP contribution >= 0.6 is 0 Å². The SMILES string of the molecule is COC(C)(N=NC1CCCCC1)C1CCCO1. The van der Waals surface area contributed by atoms with Crippen LogP contribution in [-0.2, 0) is 9.47 Å². The van der Waals surface area contributed by atoms with Crippen LogP contribution < -0.4 is 0 Å². The third kappa shape index (κ3) is 3.26. The van der Waals surface area contributed by atoms with Crippen LogP contribution in [0.4, 0.5) is 0 Å². The molecule has 0 aromatic carbocycles. The van der Waals surface area contributed by atoms with Crippen LogP contribution in [0.5, 0.6) is 0 Å². The van der Waals surface area contributed by atoms with Gasteiger partial charge in [-0.2, -0.15) is 10.2 Å². The second-order valence-corrected chi connectivity index (χ2v) is 5.27. The van der Waals surface area contributed by atoms with Crippen molar-refractivity contribution in [3.63, 3.8) is 0 Å². The summed E-state index contributed by atoms with van der Waals surface area (Å²) in [5.74, 6) is 0. The van der Waals surface area contributed by atoms with E-state index >= 15 is 0 Å². The highest BCUT2D eigenvalue weighted by molar-refractivity contribution is 4.85. The monoisotopic (exact) mass is 240 g/mol. The van der Waals surface area contributed by atoms with E-state index in [0.29, 0.717) is 6.04 Å². The molecule has 4 heteroatoms. The van der Waals surface area contributed by atoms with Gasteiger partial charge < -0.3 is 9.47 Å². The molecule has 1 aliphatic carbocycles. The van der Waals surface area contributed by atoms with E-state index in [0.717, 1.165) is 19.4 Å². The highest BCUT2D eigenvalue weighted by Crippen LogP contribution is 2.29. The zero-order valence-electron chi connectivity index (χ0n) is 11.0. The Labute approximate surface area is 104 Å². The Morgan fingerprint density at radius 1 is 1.12 bits per heavy atom. The lowest BCUT2D eigenvalue weighted by atomic mass is 9.96. The van der Waals surface area contributed by atoms with E-state index in [4.69, 9.17) is 9.47 Å². The Hall–Kier alpha value is -0.480. The highest BCUT2D eigenvalue weighted by atomic mass is 16.6. The Bertz CT molecular complexity index is 258. The minimum Gasteiger partial charge on any atom is -0.373 e. The van der Waals surface area contributed by atoms with Crippen LogP contribution in [0, 0.1) is 0 Å². The predicted octanol–water partition coefficient (Wildman–Crippen LogP) is 3.31. The van der Waals surface area contributed by atoms with E-state index < -0.39 is 5.72 Å². The molecular formula is C13H24N2O2. The lowest BCUT2D eigenvalue weighted by Gasteiger charge is -2.29. The normalized spacial score (nSPS) is 30.8. The van der Waals surface area contributed by atoms with Gasteiger partial charge in [-0.05, 0) is 32.6 Å². The van der Waals surface area contributed by atoms with Crippen molar-refractivity contribution >= 4 is 0 Å². The van der Waals surface area contributed by atoms with Gasteiger partial charge in [0.15, 0.2) is 0 Å². The van der Waals surface area contributed by atoms with E-state index in [1.807, 2.05) is 6.92 Å². The molecule has 2 unspecified atom stereocenters. The lowest BCUT2D eigenvalue weighted by Crippen LogP contribution is -2.39. The molecule has 0 N–H and O–H groups in total. The Morgan fingerprint density at radius 2 is 1.88 bits per heavy atom. The minimum atomic E-state index is -0.589. The third-order valence-electron chi connectivity index (χ3n) is 3.93. The maximum absolute atomic E-state index is 5.67. The molecule has 0 amide bonds. The molecule has 0 aromatic rings. The van der Waals surface area contributed by atoms with Crippen LogP contribution in [0.3, 0.4) is 0 Å². The standard InChI is InChI=1S/C13H24N2O2/c1-13(16-2,12-9-6-10-17-12)15-14-11-7-4-3-5-8-11/h11-12H,3-10H2,1-2H3. The van der Waals surface area contributed by atoms with Crippen LogP contribution in [0.1, 0.15) is 51.9 Å². The summed E-state index contributed by atoms with van der Waals surface area (Å²) in [6, 6.07) is 0.402. The Morgan fingerprint density at radius 3 is 2.47 bits per heavy atom. The van der Waals surface area contributed by atoms with Crippen molar-refractivity contribution in [1.29, 1.82) is 0 Å². The van der Waals surface area contributed by atoms with Crippen molar-refractivity contribution in [2.45, 2.75) is 69.7 Å². The van der Waals surface area contributed by atoms with Crippen molar-refractivity contribution in [1.82, 2.24) is 0 Å². The quantitative estimate of drug-likeness (QED) is 0.707. The zero-order chi connectivity index (χ0) is 12.1. The summed E-state index contributed by atoms with van der Waals surface area (Å²) in [6.45, 7) is 2.80. The van der Waals surface area contributed by atoms with Gasteiger partial charge in [0.25, 0.3) is 0 Å². The molecule has 1 aliphatic heterocycles. The summed E-state index contributed by atoms with van der Waals surface area (Å²) in [6.07, 6.45) is 8.46. The topological polar surface area (TPSA) is 43.2 Å². The van der Waals surface area contributed by atoms with Gasteiger partial charge in [0.2, 0.25) is 5.72 Å². The summed E-state index contributed by atoms with van der Waals surface area (Å²) in [4.78, 5) is 0. The number of azo groups is 1. The number of hydrogen-bond acceptors (Lipinski definition) is 4. The largest absolute Gasteiger partial charge is 0.373 e. The third-order valence-corrected chi connectivity index (χ3v) is 3.93. The number of ether oxygens (including phenoxy) is 2. The molecular weight excluding hydrogens is 216 g/mol. The molecule has 17 heavy (non-hydrogen) atoms. The number of nitrogens with zero attached hydrogens (tertiary/aromatic N) is 2. The second kappa shape index (κ2) is 5.91. The molecule has 1 saturated heterocycles. The molecule has 2 rings (SSSR count). The van der Waals surface area contributed by atoms with Crippen molar-refractivity contribution in [3.05, 3.63) is 0 Å². The Balaban J connectivity index is 1.94. The van der Waals surface area contributed by atoms with Gasteiger partial charge in [-0.25, -0.2) is 0 Å². The molecule has 0 radical (unpaired) electrons. The van der Waals surface area contributed by atoms with Gasteiger partial charge in [-0.3, -0.25) is 0 Å². The summed E-state index contributed by atoms with van der Waals surface area (Å²) >= 11 is 0. The summed E-state index contributed by atoms with van der Waals surface area (Å²) in [5, 5.41) is 8.95. The van der Waals surface area contributed by atoms with Crippen LogP contribution in [0.2, 0.25) is 0 Å². The first-order valence-electron chi connectivity index (χ1n) is 6.83. The second-order valence-electron chi connectivity index (χ2n) is 5.27. The summed E-state index contributed by atoms with van der Waals surface area (Å²) in [5.41, 5.74) is -0.589. The van der Waals surface area contributed by atoms with Crippen molar-refractivity contribution < 1.29 is 9.47 Å². The fourth-order valence-electron chi connectivity index (χ4n) is 2.63. The van der Waals surface area contributed by atoms with Gasteiger partial charge >= 0.3 is 0 Å². The van der Waals surface area contributed by atoms with Crippen LogP contribution in [0.25, 0.3) is 0 Å². The predicted molar refractivity (Wildman–Crippen MR) is 66.1 cm³/mol. The van der Waals surface area contributed by atoms with E-state index in [1.165, 1.54) is 32.1 Å². The molecule has 2 fully saturated rings. The molecule has 0 spiro atoms. The van der Waals surface area contributed by atoms with Crippen LogP contribution in [-0.4, -0.2) is 31.6 Å². The minimum absolute atomic E-state index is 0.0693. The average molecular weight is 240 g/mol. The maximum atomic E-state index is 5.67. The smallest absolute Gasteiger partial charge is 0.201 e. The van der Waals surface area contributed by atoms with Crippen molar-refractivity contribution in [2.24, 2.45) is 10.2 Å². The fraction of sp³-hybridized carbons (Fsp3) is 1.00. The molecule has 0 bridgehead atoms. The van der Waals surface area contributed by atoms with Crippen molar-refractivity contribution in [3.8, 4) is 0 Å². The Kier molecular flexibility index (Phi) is 4.51.